The maximum atomic E-state index is 9.36. The van der Waals surface area contributed by atoms with E-state index in [1.165, 1.54) is 0 Å². The van der Waals surface area contributed by atoms with E-state index in [1.54, 1.807) is 13.2 Å². The summed E-state index contributed by atoms with van der Waals surface area (Å²) in [5.74, 6) is 1.23. The van der Waals surface area contributed by atoms with Gasteiger partial charge in [0.25, 0.3) is 0 Å². The van der Waals surface area contributed by atoms with E-state index in [0.29, 0.717) is 28.8 Å². The summed E-state index contributed by atoms with van der Waals surface area (Å²) >= 11 is 6.29. The molecule has 0 atom stereocenters. The van der Waals surface area contributed by atoms with Crippen LogP contribution >= 0.6 is 11.6 Å². The van der Waals surface area contributed by atoms with Crippen molar-refractivity contribution in [3.8, 4) is 11.8 Å². The molecule has 0 saturated carbocycles. The van der Waals surface area contributed by atoms with Crippen LogP contribution < -0.4 is 10.1 Å². The molecule has 0 amide bonds. The smallest absolute Gasteiger partial charge is 0.137 e. The fourth-order valence-electron chi connectivity index (χ4n) is 3.62. The van der Waals surface area contributed by atoms with Gasteiger partial charge in [0.05, 0.1) is 29.3 Å². The summed E-state index contributed by atoms with van der Waals surface area (Å²) < 4.78 is 5.24. The summed E-state index contributed by atoms with van der Waals surface area (Å²) in [6, 6.07) is 13.6. The molecule has 0 aliphatic carbocycles. The van der Waals surface area contributed by atoms with Crippen molar-refractivity contribution in [2.45, 2.75) is 26.9 Å². The lowest BCUT2D eigenvalue weighted by Crippen LogP contribution is -2.23. The molecule has 6 heteroatoms. The van der Waals surface area contributed by atoms with Gasteiger partial charge in [-0.2, -0.15) is 5.26 Å². The Balaban J connectivity index is 1.96. The van der Waals surface area contributed by atoms with Gasteiger partial charge < -0.3 is 15.0 Å². The number of nitriles is 1. The number of hydrogen-bond acceptors (Lipinski definition) is 5. The maximum absolute atomic E-state index is 9.36. The van der Waals surface area contributed by atoms with Gasteiger partial charge >= 0.3 is 0 Å². The van der Waals surface area contributed by atoms with Crippen LogP contribution in [0.25, 0.3) is 10.9 Å². The van der Waals surface area contributed by atoms with Gasteiger partial charge in [-0.1, -0.05) is 31.5 Å². The Bertz CT molecular complexity index is 1070. The Kier molecular flexibility index (Phi) is 7.15. The van der Waals surface area contributed by atoms with E-state index < -0.39 is 0 Å². The molecule has 2 aromatic carbocycles. The summed E-state index contributed by atoms with van der Waals surface area (Å²) in [5, 5.41) is 14.5. The van der Waals surface area contributed by atoms with Gasteiger partial charge in [-0.15, -0.1) is 0 Å². The SMILES string of the molecule is COc1ccc(CNc2c(CN(C)CC(C)C)cnc3ccc(C#N)cc23)cc1Cl. The van der Waals surface area contributed by atoms with Crippen LogP contribution in [0.4, 0.5) is 5.69 Å². The standard InChI is InChI=1S/C24H27ClN4O/c1-16(2)14-29(3)15-19-13-27-22-7-5-17(11-26)9-20(22)24(19)28-12-18-6-8-23(30-4)21(25)10-18/h5-10,13,16H,12,14-15H2,1-4H3,(H,27,28). The number of benzene rings is 2. The molecular formula is C24H27ClN4O. The molecule has 30 heavy (non-hydrogen) atoms. The van der Waals surface area contributed by atoms with Gasteiger partial charge in [-0.3, -0.25) is 4.98 Å². The van der Waals surface area contributed by atoms with Crippen molar-refractivity contribution in [3.05, 3.63) is 64.3 Å². The van der Waals surface area contributed by atoms with Gasteiger partial charge in [0.1, 0.15) is 5.75 Å². The average Bonchev–Trinajstić information content (AvgIpc) is 2.71. The first-order valence-corrected chi connectivity index (χ1v) is 10.4. The number of hydrogen-bond donors (Lipinski definition) is 1. The minimum absolute atomic E-state index is 0.575. The minimum Gasteiger partial charge on any atom is -0.495 e. The van der Waals surface area contributed by atoms with Crippen LogP contribution in [-0.4, -0.2) is 30.6 Å². The summed E-state index contributed by atoms with van der Waals surface area (Å²) in [7, 11) is 3.72. The molecule has 0 aliphatic rings. The lowest BCUT2D eigenvalue weighted by atomic mass is 10.1. The monoisotopic (exact) mass is 422 g/mol. The summed E-state index contributed by atoms with van der Waals surface area (Å²) in [6.45, 7) is 6.77. The molecule has 0 saturated heterocycles. The first-order valence-electron chi connectivity index (χ1n) is 9.97. The highest BCUT2D eigenvalue weighted by Gasteiger charge is 2.13. The van der Waals surface area contributed by atoms with Crippen LogP contribution in [0.3, 0.4) is 0 Å². The Morgan fingerprint density at radius 1 is 1.23 bits per heavy atom. The molecule has 0 radical (unpaired) electrons. The van der Waals surface area contributed by atoms with Crippen molar-refractivity contribution in [2.24, 2.45) is 5.92 Å². The van der Waals surface area contributed by atoms with Crippen LogP contribution in [-0.2, 0) is 13.1 Å². The second kappa shape index (κ2) is 9.80. The predicted octanol–water partition coefficient (Wildman–Crippen LogP) is 5.47. The zero-order valence-corrected chi connectivity index (χ0v) is 18.6. The Hall–Kier alpha value is -2.81. The number of anilines is 1. The number of ether oxygens (including phenoxy) is 1. The normalized spacial score (nSPS) is 11.1. The zero-order valence-electron chi connectivity index (χ0n) is 17.9. The molecule has 3 aromatic rings. The number of pyridine rings is 1. The van der Waals surface area contributed by atoms with Gasteiger partial charge in [0.15, 0.2) is 0 Å². The number of nitrogens with zero attached hydrogens (tertiary/aromatic N) is 3. The molecule has 0 spiro atoms. The number of rotatable bonds is 8. The highest BCUT2D eigenvalue weighted by atomic mass is 35.5. The molecule has 1 heterocycles. The van der Waals surface area contributed by atoms with Crippen LogP contribution in [0.2, 0.25) is 5.02 Å². The van der Waals surface area contributed by atoms with Crippen molar-refractivity contribution in [2.75, 3.05) is 26.0 Å². The van der Waals surface area contributed by atoms with Crippen LogP contribution in [0, 0.1) is 17.2 Å². The zero-order chi connectivity index (χ0) is 21.7. The van der Waals surface area contributed by atoms with Crippen LogP contribution in [0.1, 0.15) is 30.5 Å². The number of halogens is 1. The molecule has 0 aliphatic heterocycles. The lowest BCUT2D eigenvalue weighted by Gasteiger charge is -2.22. The average molecular weight is 423 g/mol. The summed E-state index contributed by atoms with van der Waals surface area (Å²) in [5.41, 5.74) is 4.62. The van der Waals surface area contributed by atoms with E-state index in [9.17, 15) is 5.26 Å². The number of methoxy groups -OCH3 is 1. The molecule has 5 nitrogen and oxygen atoms in total. The van der Waals surface area contributed by atoms with E-state index >= 15 is 0 Å². The summed E-state index contributed by atoms with van der Waals surface area (Å²) in [6.07, 6.45) is 1.93. The van der Waals surface area contributed by atoms with Crippen molar-refractivity contribution in [1.29, 1.82) is 5.26 Å². The number of aromatic nitrogens is 1. The van der Waals surface area contributed by atoms with Crippen LogP contribution in [0.15, 0.2) is 42.6 Å². The Morgan fingerprint density at radius 2 is 2.03 bits per heavy atom. The molecule has 1 N–H and O–H groups in total. The molecular weight excluding hydrogens is 396 g/mol. The first-order chi connectivity index (χ1) is 14.4. The second-order valence-corrected chi connectivity index (χ2v) is 8.32. The highest BCUT2D eigenvalue weighted by molar-refractivity contribution is 6.32. The quantitative estimate of drug-likeness (QED) is 0.521. The van der Waals surface area contributed by atoms with E-state index in [1.807, 2.05) is 36.5 Å². The number of nitrogens with one attached hydrogen (secondary N) is 1. The summed E-state index contributed by atoms with van der Waals surface area (Å²) in [4.78, 5) is 6.92. The molecule has 3 rings (SSSR count). The third-order valence-electron chi connectivity index (χ3n) is 4.88. The molecule has 156 valence electrons. The van der Waals surface area contributed by atoms with Gasteiger partial charge in [0.2, 0.25) is 0 Å². The van der Waals surface area contributed by atoms with Crippen molar-refractivity contribution in [1.82, 2.24) is 9.88 Å². The fraction of sp³-hybridized carbons (Fsp3) is 0.333. The minimum atomic E-state index is 0.575. The third-order valence-corrected chi connectivity index (χ3v) is 5.17. The molecule has 0 bridgehead atoms. The van der Waals surface area contributed by atoms with Crippen molar-refractivity contribution in [3.63, 3.8) is 0 Å². The first kappa shape index (κ1) is 21.9. The molecule has 0 fully saturated rings. The fourth-order valence-corrected chi connectivity index (χ4v) is 3.90. The Labute approximate surface area is 183 Å². The van der Waals surface area contributed by atoms with Crippen LogP contribution in [0.5, 0.6) is 5.75 Å². The lowest BCUT2D eigenvalue weighted by molar-refractivity contribution is 0.288. The second-order valence-electron chi connectivity index (χ2n) is 7.92. The van der Waals surface area contributed by atoms with Crippen molar-refractivity contribution < 1.29 is 4.74 Å². The van der Waals surface area contributed by atoms with Gasteiger partial charge in [-0.25, -0.2) is 0 Å². The maximum Gasteiger partial charge on any atom is 0.137 e. The Morgan fingerprint density at radius 3 is 2.70 bits per heavy atom. The van der Waals surface area contributed by atoms with E-state index in [2.05, 4.69) is 42.2 Å². The highest BCUT2D eigenvalue weighted by Crippen LogP contribution is 2.30. The molecule has 0 unspecified atom stereocenters. The predicted molar refractivity (Wildman–Crippen MR) is 123 cm³/mol. The topological polar surface area (TPSA) is 61.2 Å². The van der Waals surface area contributed by atoms with E-state index in [4.69, 9.17) is 16.3 Å². The van der Waals surface area contributed by atoms with E-state index in [0.717, 1.165) is 40.8 Å². The third kappa shape index (κ3) is 5.21. The largest absolute Gasteiger partial charge is 0.495 e. The van der Waals surface area contributed by atoms with Gasteiger partial charge in [0, 0.05) is 42.5 Å². The van der Waals surface area contributed by atoms with Gasteiger partial charge in [-0.05, 0) is 48.9 Å². The molecule has 1 aromatic heterocycles. The number of fused-ring (bicyclic) bond motifs is 1. The van der Waals surface area contributed by atoms with Crippen molar-refractivity contribution >= 4 is 28.2 Å². The van der Waals surface area contributed by atoms with E-state index in [-0.39, 0.29) is 0 Å².